The molecule has 5 atom stereocenters. The first-order valence-corrected chi connectivity index (χ1v) is 6.55. The first-order valence-electron chi connectivity index (χ1n) is 6.55. The summed E-state index contributed by atoms with van der Waals surface area (Å²) in [7, 11) is 0. The fraction of sp³-hybridized carbons (Fsp3) is 0.769. The van der Waals surface area contributed by atoms with E-state index in [-0.39, 0.29) is 12.6 Å². The van der Waals surface area contributed by atoms with Crippen LogP contribution in [0.25, 0.3) is 0 Å². The molecule has 0 aliphatic carbocycles. The number of hydrogen-bond acceptors (Lipinski definition) is 7. The molecule has 2 fully saturated rings. The zero-order chi connectivity index (χ0) is 14.9. The Kier molecular flexibility index (Phi) is 4.27. The summed E-state index contributed by atoms with van der Waals surface area (Å²) in [6.07, 6.45) is -1.73. The molecular formula is C13H18O7. The monoisotopic (exact) mass is 286 g/mol. The molecule has 2 rings (SSSR count). The van der Waals surface area contributed by atoms with Crippen molar-refractivity contribution < 1.29 is 33.3 Å². The van der Waals surface area contributed by atoms with Crippen LogP contribution >= 0.6 is 0 Å². The number of rotatable bonds is 3. The average molecular weight is 286 g/mol. The van der Waals surface area contributed by atoms with Gasteiger partial charge in [-0.15, -0.1) is 0 Å². The number of carbonyl (C=O) groups excluding carboxylic acids is 3. The van der Waals surface area contributed by atoms with Crippen molar-refractivity contribution in [1.82, 2.24) is 0 Å². The Bertz CT molecular complexity index is 419. The summed E-state index contributed by atoms with van der Waals surface area (Å²) < 4.78 is 21.1. The zero-order valence-corrected chi connectivity index (χ0v) is 11.7. The molecule has 0 spiro atoms. The Labute approximate surface area is 116 Å². The van der Waals surface area contributed by atoms with Gasteiger partial charge in [-0.3, -0.25) is 14.4 Å². The third-order valence-electron chi connectivity index (χ3n) is 3.44. The lowest BCUT2D eigenvalue weighted by Crippen LogP contribution is -2.50. The van der Waals surface area contributed by atoms with Gasteiger partial charge in [0.25, 0.3) is 0 Å². The molecule has 7 heteroatoms. The van der Waals surface area contributed by atoms with E-state index in [1.54, 1.807) is 6.92 Å². The molecular weight excluding hydrogens is 268 g/mol. The van der Waals surface area contributed by atoms with Crippen molar-refractivity contribution in [2.24, 2.45) is 5.92 Å². The minimum Gasteiger partial charge on any atom is -0.463 e. The highest BCUT2D eigenvalue weighted by Gasteiger charge is 2.52. The van der Waals surface area contributed by atoms with Crippen LogP contribution in [-0.4, -0.2) is 48.9 Å². The second-order valence-corrected chi connectivity index (χ2v) is 5.10. The fourth-order valence-corrected chi connectivity index (χ4v) is 2.53. The van der Waals surface area contributed by atoms with Gasteiger partial charge in [0.05, 0.1) is 12.0 Å². The van der Waals surface area contributed by atoms with Gasteiger partial charge in [0.15, 0.2) is 6.10 Å². The highest BCUT2D eigenvalue weighted by molar-refractivity contribution is 5.75. The summed E-state index contributed by atoms with van der Waals surface area (Å²) in [4.78, 5) is 33.6. The van der Waals surface area contributed by atoms with Gasteiger partial charge in [-0.2, -0.15) is 0 Å². The Hall–Kier alpha value is -1.63. The van der Waals surface area contributed by atoms with Crippen molar-refractivity contribution in [2.75, 3.05) is 6.61 Å². The third kappa shape index (κ3) is 3.09. The van der Waals surface area contributed by atoms with Crippen molar-refractivity contribution in [3.63, 3.8) is 0 Å². The minimum absolute atomic E-state index is 0.0667. The van der Waals surface area contributed by atoms with E-state index in [9.17, 15) is 14.4 Å². The number of fused-ring (bicyclic) bond motifs is 1. The van der Waals surface area contributed by atoms with E-state index in [2.05, 4.69) is 0 Å². The maximum Gasteiger partial charge on any atom is 0.311 e. The standard InChI is InChI=1S/C13H18O7/c1-6-11-12(20-13(6)16)10(18-8(3)15)4-9(19-11)5-17-7(2)14/h6,9-12H,4-5H2,1-3H3/t6?,9-,10?,11?,12-/m0/s1. The Balaban J connectivity index is 2.07. The molecule has 0 aromatic rings. The van der Waals surface area contributed by atoms with Crippen LogP contribution in [0, 0.1) is 5.92 Å². The zero-order valence-electron chi connectivity index (χ0n) is 11.7. The Morgan fingerprint density at radius 1 is 1.25 bits per heavy atom. The normalized spacial score (nSPS) is 36.0. The molecule has 2 heterocycles. The molecule has 0 bridgehead atoms. The number of esters is 3. The van der Waals surface area contributed by atoms with Crippen LogP contribution in [0.5, 0.6) is 0 Å². The lowest BCUT2D eigenvalue weighted by Gasteiger charge is -2.36. The molecule has 0 saturated carbocycles. The van der Waals surface area contributed by atoms with Gasteiger partial charge in [0, 0.05) is 20.3 Å². The van der Waals surface area contributed by atoms with Gasteiger partial charge in [0.2, 0.25) is 0 Å². The van der Waals surface area contributed by atoms with Crippen molar-refractivity contribution >= 4 is 17.9 Å². The van der Waals surface area contributed by atoms with Gasteiger partial charge >= 0.3 is 17.9 Å². The molecule has 20 heavy (non-hydrogen) atoms. The lowest BCUT2D eigenvalue weighted by molar-refractivity contribution is -0.193. The summed E-state index contributed by atoms with van der Waals surface area (Å²) in [5.74, 6) is -1.66. The van der Waals surface area contributed by atoms with E-state index < -0.39 is 42.3 Å². The van der Waals surface area contributed by atoms with Crippen LogP contribution in [-0.2, 0) is 33.3 Å². The second kappa shape index (κ2) is 5.78. The predicted octanol–water partition coefficient (Wildman–Crippen LogP) is 0.200. The average Bonchev–Trinajstić information content (AvgIpc) is 2.63. The van der Waals surface area contributed by atoms with Crippen LogP contribution in [0.4, 0.5) is 0 Å². The number of carbonyl (C=O) groups is 3. The van der Waals surface area contributed by atoms with E-state index in [1.165, 1.54) is 13.8 Å². The summed E-state index contributed by atoms with van der Waals surface area (Å²) in [5, 5.41) is 0. The van der Waals surface area contributed by atoms with Gasteiger partial charge in [-0.25, -0.2) is 0 Å². The molecule has 2 saturated heterocycles. The molecule has 0 aromatic carbocycles. The van der Waals surface area contributed by atoms with Gasteiger partial charge in [-0.05, 0) is 6.92 Å². The molecule has 2 aliphatic rings. The van der Waals surface area contributed by atoms with Crippen molar-refractivity contribution in [3.05, 3.63) is 0 Å². The van der Waals surface area contributed by atoms with Crippen molar-refractivity contribution in [2.45, 2.75) is 51.6 Å². The molecule has 7 nitrogen and oxygen atoms in total. The largest absolute Gasteiger partial charge is 0.463 e. The van der Waals surface area contributed by atoms with E-state index >= 15 is 0 Å². The van der Waals surface area contributed by atoms with Crippen LogP contribution < -0.4 is 0 Å². The highest BCUT2D eigenvalue weighted by Crippen LogP contribution is 2.35. The van der Waals surface area contributed by atoms with E-state index in [1.807, 2.05) is 0 Å². The van der Waals surface area contributed by atoms with Crippen LogP contribution in [0.2, 0.25) is 0 Å². The molecule has 112 valence electrons. The Morgan fingerprint density at radius 3 is 2.55 bits per heavy atom. The highest BCUT2D eigenvalue weighted by atomic mass is 16.6. The predicted molar refractivity (Wildman–Crippen MR) is 64.5 cm³/mol. The SMILES string of the molecule is CC(=O)OC[C@@H]1CC(OC(C)=O)[C@@H]2OC(=O)C(C)C2O1. The number of ether oxygens (including phenoxy) is 4. The first kappa shape index (κ1) is 14.8. The molecule has 3 unspecified atom stereocenters. The van der Waals surface area contributed by atoms with Gasteiger partial charge in [-0.1, -0.05) is 0 Å². The molecule has 2 aliphatic heterocycles. The molecule has 0 radical (unpaired) electrons. The summed E-state index contributed by atoms with van der Waals surface area (Å²) in [6, 6.07) is 0. The Morgan fingerprint density at radius 2 is 1.95 bits per heavy atom. The summed E-state index contributed by atoms with van der Waals surface area (Å²) in [5.41, 5.74) is 0. The number of hydrogen-bond donors (Lipinski definition) is 0. The van der Waals surface area contributed by atoms with Crippen LogP contribution in [0.1, 0.15) is 27.2 Å². The van der Waals surface area contributed by atoms with Gasteiger partial charge < -0.3 is 18.9 Å². The molecule has 0 aromatic heterocycles. The minimum atomic E-state index is -0.588. The quantitative estimate of drug-likeness (QED) is 0.541. The van der Waals surface area contributed by atoms with E-state index in [0.717, 1.165) is 0 Å². The first-order chi connectivity index (χ1) is 9.38. The summed E-state index contributed by atoms with van der Waals surface area (Å²) in [6.45, 7) is 4.37. The smallest absolute Gasteiger partial charge is 0.311 e. The third-order valence-corrected chi connectivity index (χ3v) is 3.44. The second-order valence-electron chi connectivity index (χ2n) is 5.10. The van der Waals surface area contributed by atoms with Crippen molar-refractivity contribution in [3.8, 4) is 0 Å². The van der Waals surface area contributed by atoms with Gasteiger partial charge in [0.1, 0.15) is 18.8 Å². The maximum atomic E-state index is 11.6. The lowest BCUT2D eigenvalue weighted by atomic mass is 9.93. The topological polar surface area (TPSA) is 88.1 Å². The van der Waals surface area contributed by atoms with Crippen LogP contribution in [0.3, 0.4) is 0 Å². The fourth-order valence-electron chi connectivity index (χ4n) is 2.53. The summed E-state index contributed by atoms with van der Waals surface area (Å²) >= 11 is 0. The molecule has 0 N–H and O–H groups in total. The maximum absolute atomic E-state index is 11.6. The van der Waals surface area contributed by atoms with E-state index in [4.69, 9.17) is 18.9 Å². The van der Waals surface area contributed by atoms with Crippen molar-refractivity contribution in [1.29, 1.82) is 0 Å². The van der Waals surface area contributed by atoms with E-state index in [0.29, 0.717) is 6.42 Å². The molecule has 0 amide bonds. The van der Waals surface area contributed by atoms with Crippen LogP contribution in [0.15, 0.2) is 0 Å².